The van der Waals surface area contributed by atoms with E-state index in [9.17, 15) is 14.4 Å². The summed E-state index contributed by atoms with van der Waals surface area (Å²) in [5.74, 6) is -0.799. The van der Waals surface area contributed by atoms with E-state index in [2.05, 4.69) is 9.97 Å². The van der Waals surface area contributed by atoms with E-state index < -0.39 is 5.97 Å². The van der Waals surface area contributed by atoms with Gasteiger partial charge in [0, 0.05) is 37.3 Å². The van der Waals surface area contributed by atoms with Gasteiger partial charge in [-0.05, 0) is 19.8 Å². The van der Waals surface area contributed by atoms with Gasteiger partial charge in [-0.3, -0.25) is 19.4 Å². The van der Waals surface area contributed by atoms with Gasteiger partial charge in [0.1, 0.15) is 6.54 Å². The Hall–Kier alpha value is -2.42. The first-order valence-electron chi connectivity index (χ1n) is 8.84. The molecule has 1 aliphatic heterocycles. The number of aromatic amines is 1. The van der Waals surface area contributed by atoms with Crippen molar-refractivity contribution in [2.45, 2.75) is 33.1 Å². The molecule has 0 atom stereocenters. The third kappa shape index (κ3) is 5.29. The number of carboxylic acids is 1. The molecule has 0 aromatic carbocycles. The lowest BCUT2D eigenvalue weighted by Crippen LogP contribution is -2.39. The molecule has 1 amide bonds. The molecule has 0 spiro atoms. The van der Waals surface area contributed by atoms with Crippen LogP contribution in [0.2, 0.25) is 0 Å². The van der Waals surface area contributed by atoms with E-state index in [1.54, 1.807) is 6.92 Å². The predicted octanol–water partition coefficient (Wildman–Crippen LogP) is 0.171. The summed E-state index contributed by atoms with van der Waals surface area (Å²) in [7, 11) is 0. The number of carboxylic acid groups (broad SMARTS) is 1. The smallest absolute Gasteiger partial charge is 0.323 e. The molecule has 1 aromatic heterocycles. The highest BCUT2D eigenvalue weighted by Gasteiger charge is 2.19. The number of aryl methyl sites for hydroxylation is 1. The fraction of sp³-hybridized carbons (Fsp3) is 0.647. The van der Waals surface area contributed by atoms with Gasteiger partial charge < -0.3 is 19.6 Å². The van der Waals surface area contributed by atoms with Gasteiger partial charge in [0.25, 0.3) is 5.56 Å². The number of aromatic nitrogens is 2. The summed E-state index contributed by atoms with van der Waals surface area (Å²) in [6.45, 7) is 6.21. The number of hydrogen-bond acceptors (Lipinski definition) is 6. The van der Waals surface area contributed by atoms with Crippen LogP contribution < -0.4 is 10.5 Å². The van der Waals surface area contributed by atoms with Gasteiger partial charge in [0.05, 0.1) is 13.2 Å². The normalized spacial score (nSPS) is 14.3. The molecule has 1 aliphatic rings. The number of nitrogens with zero attached hydrogens (tertiary/aromatic N) is 3. The first kappa shape index (κ1) is 19.9. The highest BCUT2D eigenvalue weighted by atomic mass is 16.5. The molecule has 0 bridgehead atoms. The fourth-order valence-corrected chi connectivity index (χ4v) is 2.93. The zero-order valence-corrected chi connectivity index (χ0v) is 15.3. The maximum atomic E-state index is 12.4. The summed E-state index contributed by atoms with van der Waals surface area (Å²) >= 11 is 0. The van der Waals surface area contributed by atoms with Crippen LogP contribution in [-0.4, -0.2) is 71.2 Å². The number of anilines is 1. The zero-order valence-electron chi connectivity index (χ0n) is 15.3. The Labute approximate surface area is 152 Å². The average Bonchev–Trinajstić information content (AvgIpc) is 2.60. The summed E-state index contributed by atoms with van der Waals surface area (Å²) in [5, 5.41) is 8.91. The Morgan fingerprint density at radius 3 is 2.62 bits per heavy atom. The lowest BCUT2D eigenvalue weighted by atomic mass is 10.1. The summed E-state index contributed by atoms with van der Waals surface area (Å²) in [4.78, 5) is 46.1. The molecule has 2 N–H and O–H groups in total. The molecular weight excluding hydrogens is 340 g/mol. The van der Waals surface area contributed by atoms with Crippen LogP contribution in [-0.2, 0) is 20.7 Å². The number of nitrogens with one attached hydrogen (secondary N) is 1. The Morgan fingerprint density at radius 1 is 1.35 bits per heavy atom. The molecule has 2 heterocycles. The highest BCUT2D eigenvalue weighted by molar-refractivity contribution is 5.81. The van der Waals surface area contributed by atoms with Crippen LogP contribution in [0, 0.1) is 6.92 Å². The number of ether oxygens (including phenoxy) is 1. The number of hydrogen-bond donors (Lipinski definition) is 2. The SMILES string of the molecule is CCCN(CC(=O)O)C(=O)CCc1c(C)nc(N2CCOCC2)[nH]c1=O. The third-order valence-corrected chi connectivity index (χ3v) is 4.28. The Bertz CT molecular complexity index is 697. The maximum Gasteiger partial charge on any atom is 0.323 e. The second-order valence-electron chi connectivity index (χ2n) is 6.26. The van der Waals surface area contributed by atoms with Crippen molar-refractivity contribution in [1.82, 2.24) is 14.9 Å². The molecule has 144 valence electrons. The topological polar surface area (TPSA) is 116 Å². The lowest BCUT2D eigenvalue weighted by molar-refractivity contribution is -0.144. The van der Waals surface area contributed by atoms with Gasteiger partial charge in [-0.15, -0.1) is 0 Å². The molecule has 9 heteroatoms. The van der Waals surface area contributed by atoms with Crippen molar-refractivity contribution < 1.29 is 19.4 Å². The standard InChI is InChI=1S/C17H26N4O5/c1-3-6-21(11-15(23)24)14(22)5-4-13-12(2)18-17(19-16(13)25)20-7-9-26-10-8-20/h3-11H2,1-2H3,(H,23,24)(H,18,19,25). The summed E-state index contributed by atoms with van der Waals surface area (Å²) < 4.78 is 5.29. The number of morpholine rings is 1. The van der Waals surface area contributed by atoms with Crippen LogP contribution in [0.3, 0.4) is 0 Å². The van der Waals surface area contributed by atoms with Crippen LogP contribution in [0.4, 0.5) is 5.95 Å². The van der Waals surface area contributed by atoms with E-state index in [4.69, 9.17) is 9.84 Å². The number of aliphatic carboxylic acids is 1. The van der Waals surface area contributed by atoms with E-state index in [-0.39, 0.29) is 30.9 Å². The third-order valence-electron chi connectivity index (χ3n) is 4.28. The molecular formula is C17H26N4O5. The fourth-order valence-electron chi connectivity index (χ4n) is 2.93. The van der Waals surface area contributed by atoms with E-state index >= 15 is 0 Å². The van der Waals surface area contributed by atoms with Gasteiger partial charge >= 0.3 is 5.97 Å². The average molecular weight is 366 g/mol. The number of amides is 1. The van der Waals surface area contributed by atoms with Crippen molar-refractivity contribution in [1.29, 1.82) is 0 Å². The highest BCUT2D eigenvalue weighted by Crippen LogP contribution is 2.12. The first-order chi connectivity index (χ1) is 12.4. The summed E-state index contributed by atoms with van der Waals surface area (Å²) in [6.07, 6.45) is 0.987. The minimum absolute atomic E-state index is 0.0791. The van der Waals surface area contributed by atoms with Crippen molar-refractivity contribution >= 4 is 17.8 Å². The van der Waals surface area contributed by atoms with Gasteiger partial charge in [0.15, 0.2) is 0 Å². The summed E-state index contributed by atoms with van der Waals surface area (Å²) in [5.41, 5.74) is 0.789. The van der Waals surface area contributed by atoms with Crippen LogP contribution in [0.25, 0.3) is 0 Å². The number of rotatable bonds is 8. The van der Waals surface area contributed by atoms with Gasteiger partial charge in [-0.25, -0.2) is 4.98 Å². The molecule has 1 fully saturated rings. The molecule has 26 heavy (non-hydrogen) atoms. The van der Waals surface area contributed by atoms with E-state index in [1.165, 1.54) is 4.90 Å². The van der Waals surface area contributed by atoms with Gasteiger partial charge in [-0.2, -0.15) is 0 Å². The zero-order chi connectivity index (χ0) is 19.1. The number of H-pyrrole nitrogens is 1. The Kier molecular flexibility index (Phi) is 7.14. The van der Waals surface area contributed by atoms with Crippen LogP contribution in [0.15, 0.2) is 4.79 Å². The number of carbonyl (C=O) groups excluding carboxylic acids is 1. The van der Waals surface area contributed by atoms with Crippen LogP contribution in [0.5, 0.6) is 0 Å². The van der Waals surface area contributed by atoms with Gasteiger partial charge in [-0.1, -0.05) is 6.92 Å². The minimum Gasteiger partial charge on any atom is -0.480 e. The monoisotopic (exact) mass is 366 g/mol. The lowest BCUT2D eigenvalue weighted by Gasteiger charge is -2.27. The molecule has 1 saturated heterocycles. The second-order valence-corrected chi connectivity index (χ2v) is 6.26. The van der Waals surface area contributed by atoms with Crippen molar-refractivity contribution in [3.63, 3.8) is 0 Å². The van der Waals surface area contributed by atoms with Gasteiger partial charge in [0.2, 0.25) is 11.9 Å². The number of carbonyl (C=O) groups is 2. The minimum atomic E-state index is -1.04. The molecule has 2 rings (SSSR count). The molecule has 0 unspecified atom stereocenters. The van der Waals surface area contributed by atoms with Crippen molar-refractivity contribution in [3.8, 4) is 0 Å². The summed E-state index contributed by atoms with van der Waals surface area (Å²) in [6, 6.07) is 0. The van der Waals surface area contributed by atoms with Crippen LogP contribution >= 0.6 is 0 Å². The van der Waals surface area contributed by atoms with E-state index in [1.807, 2.05) is 11.8 Å². The van der Waals surface area contributed by atoms with Crippen molar-refractivity contribution in [2.75, 3.05) is 44.3 Å². The van der Waals surface area contributed by atoms with Crippen molar-refractivity contribution in [3.05, 3.63) is 21.6 Å². The quantitative estimate of drug-likeness (QED) is 0.674. The van der Waals surface area contributed by atoms with E-state index in [0.717, 1.165) is 0 Å². The molecule has 0 saturated carbocycles. The molecule has 0 aliphatic carbocycles. The molecule has 9 nitrogen and oxygen atoms in total. The second kappa shape index (κ2) is 9.33. The van der Waals surface area contributed by atoms with Crippen LogP contribution in [0.1, 0.15) is 31.0 Å². The maximum absolute atomic E-state index is 12.4. The Balaban J connectivity index is 2.05. The molecule has 1 aromatic rings. The predicted molar refractivity (Wildman–Crippen MR) is 95.5 cm³/mol. The molecule has 0 radical (unpaired) electrons. The Morgan fingerprint density at radius 2 is 2.04 bits per heavy atom. The first-order valence-corrected chi connectivity index (χ1v) is 8.84. The van der Waals surface area contributed by atoms with Crippen molar-refractivity contribution in [2.24, 2.45) is 0 Å². The van der Waals surface area contributed by atoms with E-state index in [0.29, 0.717) is 56.5 Å². The largest absolute Gasteiger partial charge is 0.480 e.